The number of sulfone groups is 2. The van der Waals surface area contributed by atoms with Crippen LogP contribution in [-0.4, -0.2) is 52.8 Å². The topological polar surface area (TPSA) is 89.5 Å². The lowest BCUT2D eigenvalue weighted by Crippen LogP contribution is -2.44. The van der Waals surface area contributed by atoms with Crippen molar-refractivity contribution >= 4 is 19.7 Å². The van der Waals surface area contributed by atoms with E-state index in [0.29, 0.717) is 24.3 Å². The van der Waals surface area contributed by atoms with Gasteiger partial charge < -0.3 is 10.1 Å². The molecule has 0 spiro atoms. The molecule has 2 aromatic rings. The van der Waals surface area contributed by atoms with Gasteiger partial charge in [-0.05, 0) is 55.8 Å². The molecule has 158 valence electrons. The summed E-state index contributed by atoms with van der Waals surface area (Å²) >= 11 is 0. The van der Waals surface area contributed by atoms with Gasteiger partial charge in [0, 0.05) is 6.04 Å². The molecule has 1 N–H and O–H groups in total. The molecule has 29 heavy (non-hydrogen) atoms. The zero-order chi connectivity index (χ0) is 21.1. The van der Waals surface area contributed by atoms with Crippen LogP contribution in [0.4, 0.5) is 4.39 Å². The van der Waals surface area contributed by atoms with Gasteiger partial charge in [-0.25, -0.2) is 21.2 Å². The zero-order valence-electron chi connectivity index (χ0n) is 16.0. The normalized spacial score (nSPS) is 21.2. The molecule has 9 heteroatoms. The summed E-state index contributed by atoms with van der Waals surface area (Å²) in [6, 6.07) is 11.5. The quantitative estimate of drug-likeness (QED) is 0.674. The van der Waals surface area contributed by atoms with Gasteiger partial charge in [-0.3, -0.25) is 0 Å². The van der Waals surface area contributed by atoms with Gasteiger partial charge in [0.1, 0.15) is 11.6 Å². The smallest absolute Gasteiger partial charge is 0.183 e. The van der Waals surface area contributed by atoms with Gasteiger partial charge in [0.15, 0.2) is 19.7 Å². The molecule has 2 aromatic carbocycles. The van der Waals surface area contributed by atoms with Crippen LogP contribution in [-0.2, 0) is 26.1 Å². The van der Waals surface area contributed by atoms with Crippen molar-refractivity contribution in [2.45, 2.75) is 29.5 Å². The Bertz CT molecular complexity index is 1050. The molecule has 1 aliphatic heterocycles. The van der Waals surface area contributed by atoms with Gasteiger partial charge >= 0.3 is 0 Å². The van der Waals surface area contributed by atoms with Crippen molar-refractivity contribution in [1.82, 2.24) is 5.32 Å². The SMILES string of the molecule is CCOc1ccc(S(=O)(=O)[C@H]2CS(=O)(=O)C[C@@H]2NCCc2ccccc2F)cc1. The number of rotatable bonds is 8. The van der Waals surface area contributed by atoms with E-state index in [9.17, 15) is 21.2 Å². The standard InChI is InChI=1S/C20H24FNO5S2/c1-2-27-16-7-9-17(10-8-16)29(25,26)20-14-28(23,24)13-19(20)22-12-11-15-5-3-4-6-18(15)21/h3-10,19-20,22H,2,11-14H2,1H3/t19-,20-/m0/s1. The maximum atomic E-state index is 13.8. The van der Waals surface area contributed by atoms with E-state index in [2.05, 4.69) is 5.32 Å². The lowest BCUT2D eigenvalue weighted by Gasteiger charge is -2.20. The van der Waals surface area contributed by atoms with E-state index in [0.717, 1.165) is 0 Å². The monoisotopic (exact) mass is 441 g/mol. The van der Waals surface area contributed by atoms with Crippen LogP contribution in [0.2, 0.25) is 0 Å². The van der Waals surface area contributed by atoms with Crippen molar-refractivity contribution in [1.29, 1.82) is 0 Å². The molecular weight excluding hydrogens is 417 g/mol. The zero-order valence-corrected chi connectivity index (χ0v) is 17.7. The van der Waals surface area contributed by atoms with Crippen LogP contribution in [0.3, 0.4) is 0 Å². The van der Waals surface area contributed by atoms with Crippen LogP contribution < -0.4 is 10.1 Å². The van der Waals surface area contributed by atoms with Gasteiger partial charge in [0.2, 0.25) is 0 Å². The minimum absolute atomic E-state index is 0.0592. The summed E-state index contributed by atoms with van der Waals surface area (Å²) in [6.07, 6.45) is 0.332. The summed E-state index contributed by atoms with van der Waals surface area (Å²) in [6.45, 7) is 2.56. The third-order valence-electron chi connectivity index (χ3n) is 4.92. The van der Waals surface area contributed by atoms with Crippen molar-refractivity contribution in [3.05, 3.63) is 59.9 Å². The summed E-state index contributed by atoms with van der Waals surface area (Å²) < 4.78 is 69.6. The molecule has 1 saturated heterocycles. The first-order chi connectivity index (χ1) is 13.7. The van der Waals surface area contributed by atoms with Gasteiger partial charge in [0.25, 0.3) is 0 Å². The molecule has 1 fully saturated rings. The number of hydrogen-bond donors (Lipinski definition) is 1. The molecule has 2 atom stereocenters. The second kappa shape index (κ2) is 8.81. The summed E-state index contributed by atoms with van der Waals surface area (Å²) in [5.74, 6) is -0.484. The molecule has 1 aliphatic rings. The number of benzene rings is 2. The fraction of sp³-hybridized carbons (Fsp3) is 0.400. The van der Waals surface area contributed by atoms with E-state index < -0.39 is 36.7 Å². The van der Waals surface area contributed by atoms with Crippen LogP contribution in [0.15, 0.2) is 53.4 Å². The summed E-state index contributed by atoms with van der Waals surface area (Å²) in [4.78, 5) is 0.0592. The highest BCUT2D eigenvalue weighted by Gasteiger charge is 2.45. The molecule has 0 unspecified atom stereocenters. The Hall–Kier alpha value is -1.97. The van der Waals surface area contributed by atoms with Crippen molar-refractivity contribution in [3.63, 3.8) is 0 Å². The van der Waals surface area contributed by atoms with E-state index >= 15 is 0 Å². The van der Waals surface area contributed by atoms with Crippen molar-refractivity contribution in [2.24, 2.45) is 0 Å². The average molecular weight is 442 g/mol. The first-order valence-corrected chi connectivity index (χ1v) is 12.7. The molecule has 0 aromatic heterocycles. The number of hydrogen-bond acceptors (Lipinski definition) is 6. The Balaban J connectivity index is 1.75. The van der Waals surface area contributed by atoms with Crippen molar-refractivity contribution in [3.8, 4) is 5.75 Å². The molecule has 0 aliphatic carbocycles. The fourth-order valence-electron chi connectivity index (χ4n) is 3.47. The minimum Gasteiger partial charge on any atom is -0.494 e. The van der Waals surface area contributed by atoms with Crippen LogP contribution in [0.1, 0.15) is 12.5 Å². The Morgan fingerprint density at radius 3 is 2.45 bits per heavy atom. The lowest BCUT2D eigenvalue weighted by molar-refractivity contribution is 0.340. The second-order valence-electron chi connectivity index (χ2n) is 6.97. The highest BCUT2D eigenvalue weighted by molar-refractivity contribution is 7.96. The van der Waals surface area contributed by atoms with Crippen LogP contribution in [0.5, 0.6) is 5.75 Å². The Labute approximate surface area is 170 Å². The molecule has 3 rings (SSSR count). The molecule has 0 bridgehead atoms. The van der Waals surface area contributed by atoms with Crippen LogP contribution in [0, 0.1) is 5.82 Å². The van der Waals surface area contributed by atoms with E-state index in [4.69, 9.17) is 4.74 Å². The Morgan fingerprint density at radius 1 is 1.10 bits per heavy atom. The third-order valence-corrected chi connectivity index (χ3v) is 9.09. The molecule has 1 heterocycles. The largest absolute Gasteiger partial charge is 0.494 e. The van der Waals surface area contributed by atoms with Crippen molar-refractivity contribution < 1.29 is 26.0 Å². The molecule has 0 saturated carbocycles. The molecule has 6 nitrogen and oxygen atoms in total. The average Bonchev–Trinajstić information content (AvgIpc) is 2.99. The van der Waals surface area contributed by atoms with E-state index in [1.165, 1.54) is 18.2 Å². The number of nitrogens with one attached hydrogen (secondary N) is 1. The Kier molecular flexibility index (Phi) is 6.60. The van der Waals surface area contributed by atoms with Crippen molar-refractivity contribution in [2.75, 3.05) is 24.7 Å². The van der Waals surface area contributed by atoms with Crippen LogP contribution >= 0.6 is 0 Å². The van der Waals surface area contributed by atoms with Gasteiger partial charge in [-0.2, -0.15) is 0 Å². The van der Waals surface area contributed by atoms with E-state index in [1.807, 2.05) is 6.92 Å². The molecular formula is C20H24FNO5S2. The third kappa shape index (κ3) is 5.15. The number of ether oxygens (including phenoxy) is 1. The maximum absolute atomic E-state index is 13.8. The van der Waals surface area contributed by atoms with E-state index in [-0.39, 0.29) is 23.0 Å². The summed E-state index contributed by atoms with van der Waals surface area (Å²) in [5.41, 5.74) is 0.492. The Morgan fingerprint density at radius 2 is 1.79 bits per heavy atom. The predicted octanol–water partition coefficient (Wildman–Crippen LogP) is 2.00. The van der Waals surface area contributed by atoms with Gasteiger partial charge in [-0.15, -0.1) is 0 Å². The first-order valence-electron chi connectivity index (χ1n) is 9.37. The highest BCUT2D eigenvalue weighted by Crippen LogP contribution is 2.27. The second-order valence-corrected chi connectivity index (χ2v) is 11.3. The van der Waals surface area contributed by atoms with Gasteiger partial charge in [-0.1, -0.05) is 18.2 Å². The molecule has 0 amide bonds. The van der Waals surface area contributed by atoms with Crippen LogP contribution in [0.25, 0.3) is 0 Å². The predicted molar refractivity (Wildman–Crippen MR) is 109 cm³/mol. The highest BCUT2D eigenvalue weighted by atomic mass is 32.2. The summed E-state index contributed by atoms with van der Waals surface area (Å²) in [7, 11) is -7.36. The minimum atomic E-state index is -3.87. The van der Waals surface area contributed by atoms with E-state index in [1.54, 1.807) is 30.3 Å². The van der Waals surface area contributed by atoms with Gasteiger partial charge in [0.05, 0.1) is 28.3 Å². The fourth-order valence-corrected chi connectivity index (χ4v) is 8.19. The molecule has 0 radical (unpaired) electrons. The first kappa shape index (κ1) is 21.7. The summed E-state index contributed by atoms with van der Waals surface area (Å²) in [5, 5.41) is 1.93. The lowest BCUT2D eigenvalue weighted by atomic mass is 10.1. The maximum Gasteiger partial charge on any atom is 0.183 e. The number of halogens is 1.